The zero-order chi connectivity index (χ0) is 21.4. The molecule has 3 aromatic rings. The van der Waals surface area contributed by atoms with Crippen molar-refractivity contribution in [2.75, 3.05) is 12.0 Å². The summed E-state index contributed by atoms with van der Waals surface area (Å²) in [6, 6.07) is 12.4. The average Bonchev–Trinajstić information content (AvgIpc) is 3.35. The normalized spacial score (nSPS) is 18.1. The van der Waals surface area contributed by atoms with E-state index in [0.29, 0.717) is 22.8 Å². The van der Waals surface area contributed by atoms with Crippen LogP contribution in [-0.4, -0.2) is 23.9 Å². The largest absolute Gasteiger partial charge is 0.507 e. The molecule has 0 spiro atoms. The van der Waals surface area contributed by atoms with Gasteiger partial charge in [0.1, 0.15) is 29.1 Å². The van der Waals surface area contributed by atoms with Crippen molar-refractivity contribution in [2.45, 2.75) is 13.0 Å². The minimum Gasteiger partial charge on any atom is -0.507 e. The van der Waals surface area contributed by atoms with E-state index in [-0.39, 0.29) is 11.3 Å². The van der Waals surface area contributed by atoms with Crippen LogP contribution in [0.4, 0.5) is 10.1 Å². The molecule has 0 saturated carbocycles. The van der Waals surface area contributed by atoms with Gasteiger partial charge in [0.25, 0.3) is 11.7 Å². The first-order valence-corrected chi connectivity index (χ1v) is 9.17. The number of ether oxygens (including phenoxy) is 1. The van der Waals surface area contributed by atoms with Crippen molar-refractivity contribution in [2.24, 2.45) is 0 Å². The number of furan rings is 1. The van der Waals surface area contributed by atoms with Crippen LogP contribution in [0.5, 0.6) is 5.75 Å². The van der Waals surface area contributed by atoms with E-state index in [1.807, 2.05) is 0 Å². The smallest absolute Gasteiger partial charge is 0.300 e. The topological polar surface area (TPSA) is 80.0 Å². The number of hydrogen-bond donors (Lipinski definition) is 1. The maximum Gasteiger partial charge on any atom is 0.300 e. The number of aliphatic hydroxyl groups excluding tert-OH is 1. The number of hydrogen-bond acceptors (Lipinski definition) is 5. The number of Topliss-reactive ketones (excluding diaryl/α,β-unsaturated/α-hetero) is 1. The molecular weight excluding hydrogens is 389 g/mol. The molecule has 1 aliphatic heterocycles. The zero-order valence-electron chi connectivity index (χ0n) is 16.3. The average molecular weight is 407 g/mol. The lowest BCUT2D eigenvalue weighted by atomic mass is 9.98. The summed E-state index contributed by atoms with van der Waals surface area (Å²) in [5.74, 6) is -1.57. The summed E-state index contributed by atoms with van der Waals surface area (Å²) >= 11 is 0. The van der Waals surface area contributed by atoms with Gasteiger partial charge in [-0.2, -0.15) is 0 Å². The quantitative estimate of drug-likeness (QED) is 0.395. The second kappa shape index (κ2) is 7.51. The van der Waals surface area contributed by atoms with E-state index in [2.05, 4.69) is 0 Å². The van der Waals surface area contributed by atoms with Crippen molar-refractivity contribution in [3.63, 3.8) is 0 Å². The fraction of sp³-hybridized carbons (Fsp3) is 0.130. The van der Waals surface area contributed by atoms with Crippen LogP contribution in [0.15, 0.2) is 70.9 Å². The summed E-state index contributed by atoms with van der Waals surface area (Å²) in [5.41, 5.74) is 1.32. The summed E-state index contributed by atoms with van der Waals surface area (Å²) < 4.78 is 24.1. The minimum absolute atomic E-state index is 0.108. The van der Waals surface area contributed by atoms with E-state index in [0.717, 1.165) is 5.56 Å². The SMILES string of the molecule is COc1ccc(/C(O)=C2/C(=O)C(=O)N(c3ccc(F)cc3)C2c2ccco2)cc1C. The van der Waals surface area contributed by atoms with Gasteiger partial charge in [0.15, 0.2) is 0 Å². The Balaban J connectivity index is 1.90. The predicted molar refractivity (Wildman–Crippen MR) is 108 cm³/mol. The third-order valence-corrected chi connectivity index (χ3v) is 5.03. The molecule has 1 aliphatic rings. The summed E-state index contributed by atoms with van der Waals surface area (Å²) in [7, 11) is 1.53. The molecule has 152 valence electrons. The van der Waals surface area contributed by atoms with Crippen LogP contribution in [0, 0.1) is 12.7 Å². The number of nitrogens with zero attached hydrogens (tertiary/aromatic N) is 1. The number of aliphatic hydroxyl groups is 1. The molecule has 1 fully saturated rings. The van der Waals surface area contributed by atoms with Crippen molar-refractivity contribution in [3.05, 3.63) is 89.1 Å². The van der Waals surface area contributed by atoms with E-state index < -0.39 is 23.5 Å². The number of carbonyl (C=O) groups is 2. The van der Waals surface area contributed by atoms with Crippen molar-refractivity contribution in [1.29, 1.82) is 0 Å². The number of aryl methyl sites for hydroxylation is 1. The summed E-state index contributed by atoms with van der Waals surface area (Å²) in [5, 5.41) is 11.0. The Morgan fingerprint density at radius 3 is 2.47 bits per heavy atom. The lowest BCUT2D eigenvalue weighted by molar-refractivity contribution is -0.132. The van der Waals surface area contributed by atoms with Gasteiger partial charge in [-0.3, -0.25) is 14.5 Å². The highest BCUT2D eigenvalue weighted by Crippen LogP contribution is 2.42. The maximum absolute atomic E-state index is 13.4. The van der Waals surface area contributed by atoms with E-state index in [1.165, 1.54) is 42.5 Å². The first-order valence-electron chi connectivity index (χ1n) is 9.17. The first-order chi connectivity index (χ1) is 14.4. The second-order valence-electron chi connectivity index (χ2n) is 6.85. The molecule has 1 saturated heterocycles. The predicted octanol–water partition coefficient (Wildman–Crippen LogP) is 4.36. The third-order valence-electron chi connectivity index (χ3n) is 5.03. The molecule has 1 unspecified atom stereocenters. The molecule has 7 heteroatoms. The van der Waals surface area contributed by atoms with Crippen LogP contribution in [0.25, 0.3) is 5.76 Å². The second-order valence-corrected chi connectivity index (χ2v) is 6.85. The first kappa shape index (κ1) is 19.4. The summed E-state index contributed by atoms with van der Waals surface area (Å²) in [6.45, 7) is 1.80. The Morgan fingerprint density at radius 2 is 1.87 bits per heavy atom. The van der Waals surface area contributed by atoms with Gasteiger partial charge in [-0.15, -0.1) is 0 Å². The van der Waals surface area contributed by atoms with Gasteiger partial charge in [0.05, 0.1) is 18.9 Å². The number of amides is 1. The van der Waals surface area contributed by atoms with E-state index in [1.54, 1.807) is 37.3 Å². The lowest BCUT2D eigenvalue weighted by Crippen LogP contribution is -2.29. The molecular formula is C23H18FNO5. The van der Waals surface area contributed by atoms with Crippen molar-refractivity contribution < 1.29 is 28.2 Å². The number of ketones is 1. The Hall–Kier alpha value is -3.87. The number of halogens is 1. The highest BCUT2D eigenvalue weighted by Gasteiger charge is 2.48. The third kappa shape index (κ3) is 3.14. The fourth-order valence-electron chi connectivity index (χ4n) is 3.60. The fourth-order valence-corrected chi connectivity index (χ4v) is 3.60. The summed E-state index contributed by atoms with van der Waals surface area (Å²) in [4.78, 5) is 27.0. The van der Waals surface area contributed by atoms with Gasteiger partial charge in [-0.25, -0.2) is 4.39 Å². The number of methoxy groups -OCH3 is 1. The molecule has 2 heterocycles. The molecule has 0 bridgehead atoms. The van der Waals surface area contributed by atoms with Gasteiger partial charge in [0, 0.05) is 11.3 Å². The van der Waals surface area contributed by atoms with Crippen LogP contribution < -0.4 is 9.64 Å². The standard InChI is InChI=1S/C23H18FNO5/c1-13-12-14(5-10-17(13)29-2)21(26)19-20(18-4-3-11-30-18)25(23(28)22(19)27)16-8-6-15(24)7-9-16/h3-12,20,26H,1-2H3/b21-19-. The molecule has 0 radical (unpaired) electrons. The van der Waals surface area contributed by atoms with E-state index >= 15 is 0 Å². The Kier molecular flexibility index (Phi) is 4.87. The van der Waals surface area contributed by atoms with Crippen LogP contribution in [-0.2, 0) is 9.59 Å². The Morgan fingerprint density at radius 1 is 1.13 bits per heavy atom. The van der Waals surface area contributed by atoms with Gasteiger partial charge in [-0.1, -0.05) is 0 Å². The van der Waals surface area contributed by atoms with E-state index in [9.17, 15) is 19.1 Å². The molecule has 1 aromatic heterocycles. The molecule has 4 rings (SSSR count). The monoisotopic (exact) mass is 407 g/mol. The maximum atomic E-state index is 13.4. The van der Waals surface area contributed by atoms with Crippen LogP contribution in [0.2, 0.25) is 0 Å². The van der Waals surface area contributed by atoms with Gasteiger partial charge >= 0.3 is 0 Å². The molecule has 30 heavy (non-hydrogen) atoms. The lowest BCUT2D eigenvalue weighted by Gasteiger charge is -2.23. The van der Waals surface area contributed by atoms with E-state index in [4.69, 9.17) is 9.15 Å². The number of rotatable bonds is 4. The number of anilines is 1. The Bertz CT molecular complexity index is 1150. The van der Waals surface area contributed by atoms with Crippen molar-refractivity contribution in [1.82, 2.24) is 0 Å². The highest BCUT2D eigenvalue weighted by molar-refractivity contribution is 6.51. The molecule has 1 N–H and O–H groups in total. The van der Waals surface area contributed by atoms with Crippen molar-refractivity contribution >= 4 is 23.1 Å². The minimum atomic E-state index is -0.993. The number of benzene rings is 2. The van der Waals surface area contributed by atoms with Crippen LogP contribution in [0.1, 0.15) is 22.9 Å². The zero-order valence-corrected chi connectivity index (χ0v) is 16.3. The molecule has 6 nitrogen and oxygen atoms in total. The molecule has 2 aromatic carbocycles. The molecule has 1 atom stereocenters. The number of carbonyl (C=O) groups excluding carboxylic acids is 2. The molecule has 0 aliphatic carbocycles. The van der Waals surface area contributed by atoms with Crippen LogP contribution in [0.3, 0.4) is 0 Å². The van der Waals surface area contributed by atoms with Gasteiger partial charge in [-0.05, 0) is 67.1 Å². The Labute approximate surface area is 171 Å². The van der Waals surface area contributed by atoms with Gasteiger partial charge < -0.3 is 14.3 Å². The highest BCUT2D eigenvalue weighted by atomic mass is 19.1. The van der Waals surface area contributed by atoms with Crippen molar-refractivity contribution in [3.8, 4) is 5.75 Å². The van der Waals surface area contributed by atoms with Gasteiger partial charge in [0.2, 0.25) is 0 Å². The van der Waals surface area contributed by atoms with Crippen LogP contribution >= 0.6 is 0 Å². The summed E-state index contributed by atoms with van der Waals surface area (Å²) in [6.07, 6.45) is 1.41. The molecule has 1 amide bonds.